The van der Waals surface area contributed by atoms with E-state index in [-0.39, 0.29) is 0 Å². The number of rotatable bonds is 5. The number of nitro groups is 1. The zero-order valence-electron chi connectivity index (χ0n) is 9.37. The molecule has 0 unspecified atom stereocenters. The first-order valence-corrected chi connectivity index (χ1v) is 4.96. The second kappa shape index (κ2) is 5.87. The fourth-order valence-corrected chi connectivity index (χ4v) is 1.17. The number of aliphatic hydroxyl groups excluding tert-OH is 1. The lowest BCUT2D eigenvalue weighted by Gasteiger charge is -2.08. The Balaban J connectivity index is 2.78. The molecule has 102 valence electrons. The smallest absolute Gasteiger partial charge is 0.334 e. The van der Waals surface area contributed by atoms with Crippen molar-refractivity contribution in [3.05, 3.63) is 39.7 Å². The van der Waals surface area contributed by atoms with Crippen molar-refractivity contribution in [1.29, 1.82) is 0 Å². The number of carbonyl (C=O) groups is 2. The quantitative estimate of drug-likeness (QED) is 0.507. The zero-order valence-corrected chi connectivity index (χ0v) is 9.37. The summed E-state index contributed by atoms with van der Waals surface area (Å²) >= 11 is 0. The number of carboxylic acid groups (broad SMARTS) is 1. The molecule has 0 aromatic heterocycles. The molecule has 1 atom stereocenters. The van der Waals surface area contributed by atoms with E-state index < -0.39 is 46.5 Å². The molecule has 0 fully saturated rings. The number of benzene rings is 1. The Hall–Kier alpha value is -2.55. The third-order valence-electron chi connectivity index (χ3n) is 2.15. The minimum Gasteiger partial charge on any atom is -0.479 e. The van der Waals surface area contributed by atoms with Gasteiger partial charge in [-0.15, -0.1) is 0 Å². The number of aliphatic hydroxyl groups is 1. The van der Waals surface area contributed by atoms with E-state index in [9.17, 15) is 24.1 Å². The largest absolute Gasteiger partial charge is 0.479 e. The van der Waals surface area contributed by atoms with Crippen LogP contribution in [-0.2, 0) is 4.79 Å². The van der Waals surface area contributed by atoms with Gasteiger partial charge in [0.15, 0.2) is 6.10 Å². The van der Waals surface area contributed by atoms with E-state index in [0.29, 0.717) is 6.07 Å². The number of carbonyl (C=O) groups excluding carboxylic acids is 1. The van der Waals surface area contributed by atoms with Gasteiger partial charge in [-0.3, -0.25) is 14.9 Å². The van der Waals surface area contributed by atoms with Gasteiger partial charge in [-0.25, -0.2) is 9.18 Å². The fraction of sp³-hybridized carbons (Fsp3) is 0.200. The molecule has 3 N–H and O–H groups in total. The monoisotopic (exact) mass is 272 g/mol. The first kappa shape index (κ1) is 14.5. The summed E-state index contributed by atoms with van der Waals surface area (Å²) < 4.78 is 13.4. The molecule has 1 amide bonds. The Bertz CT molecular complexity index is 533. The maximum absolute atomic E-state index is 13.4. The number of nitrogens with one attached hydrogen (secondary N) is 1. The highest BCUT2D eigenvalue weighted by atomic mass is 19.1. The topological polar surface area (TPSA) is 130 Å². The van der Waals surface area contributed by atoms with E-state index >= 15 is 0 Å². The zero-order chi connectivity index (χ0) is 14.6. The van der Waals surface area contributed by atoms with Gasteiger partial charge in [-0.2, -0.15) is 0 Å². The number of non-ortho nitro benzene ring substituents is 1. The van der Waals surface area contributed by atoms with Crippen LogP contribution in [0.4, 0.5) is 10.1 Å². The highest BCUT2D eigenvalue weighted by molar-refractivity contribution is 5.95. The number of halogens is 1. The molecule has 0 saturated heterocycles. The Labute approximate surface area is 105 Å². The van der Waals surface area contributed by atoms with Gasteiger partial charge < -0.3 is 15.5 Å². The summed E-state index contributed by atoms with van der Waals surface area (Å²) in [6.45, 7) is -0.607. The van der Waals surface area contributed by atoms with Crippen LogP contribution in [0.3, 0.4) is 0 Å². The number of aliphatic carboxylic acids is 1. The second-order valence-corrected chi connectivity index (χ2v) is 3.49. The number of nitrogens with zero attached hydrogens (tertiary/aromatic N) is 1. The summed E-state index contributed by atoms with van der Waals surface area (Å²) in [5, 5.41) is 29.6. The van der Waals surface area contributed by atoms with E-state index in [0.717, 1.165) is 12.1 Å². The first-order valence-electron chi connectivity index (χ1n) is 4.96. The lowest BCUT2D eigenvalue weighted by molar-refractivity contribution is -0.385. The van der Waals surface area contributed by atoms with Gasteiger partial charge in [0.1, 0.15) is 5.82 Å². The van der Waals surface area contributed by atoms with E-state index in [1.165, 1.54) is 0 Å². The van der Waals surface area contributed by atoms with Crippen molar-refractivity contribution in [1.82, 2.24) is 5.32 Å². The fourth-order valence-electron chi connectivity index (χ4n) is 1.17. The lowest BCUT2D eigenvalue weighted by Crippen LogP contribution is -2.36. The Morgan fingerprint density at radius 2 is 2.11 bits per heavy atom. The molecule has 0 saturated carbocycles. The van der Waals surface area contributed by atoms with Crippen molar-refractivity contribution in [3.63, 3.8) is 0 Å². The van der Waals surface area contributed by atoms with Gasteiger partial charge in [0.2, 0.25) is 0 Å². The van der Waals surface area contributed by atoms with Crippen LogP contribution in [0.25, 0.3) is 0 Å². The van der Waals surface area contributed by atoms with Gasteiger partial charge in [0, 0.05) is 6.07 Å². The molecule has 0 aliphatic heterocycles. The number of nitro benzene ring substituents is 1. The maximum atomic E-state index is 13.4. The molecule has 1 aromatic carbocycles. The minimum atomic E-state index is -1.81. The molecule has 1 rings (SSSR count). The molecular formula is C10H9FN2O6. The highest BCUT2D eigenvalue weighted by Crippen LogP contribution is 2.16. The second-order valence-electron chi connectivity index (χ2n) is 3.49. The summed E-state index contributed by atoms with van der Waals surface area (Å²) in [5.74, 6) is -3.63. The average Bonchev–Trinajstić information content (AvgIpc) is 2.34. The molecule has 0 aliphatic rings. The molecular weight excluding hydrogens is 263 g/mol. The van der Waals surface area contributed by atoms with Crippen LogP contribution in [0.15, 0.2) is 18.2 Å². The molecule has 9 heteroatoms. The molecule has 0 aliphatic carbocycles. The van der Waals surface area contributed by atoms with Crippen LogP contribution in [0.5, 0.6) is 0 Å². The lowest BCUT2D eigenvalue weighted by atomic mass is 10.1. The SMILES string of the molecule is O=C(NC[C@H](O)C(=O)O)c1ccc([N+](=O)[O-])cc1F. The van der Waals surface area contributed by atoms with Gasteiger partial charge in [0.25, 0.3) is 11.6 Å². The van der Waals surface area contributed by atoms with Crippen LogP contribution >= 0.6 is 0 Å². The van der Waals surface area contributed by atoms with Crippen LogP contribution < -0.4 is 5.32 Å². The van der Waals surface area contributed by atoms with E-state index in [2.05, 4.69) is 0 Å². The summed E-state index contributed by atoms with van der Waals surface area (Å²) in [4.78, 5) is 31.3. The Kier molecular flexibility index (Phi) is 4.48. The van der Waals surface area contributed by atoms with E-state index in [1.807, 2.05) is 5.32 Å². The molecule has 19 heavy (non-hydrogen) atoms. The highest BCUT2D eigenvalue weighted by Gasteiger charge is 2.18. The molecule has 0 radical (unpaired) electrons. The van der Waals surface area contributed by atoms with Crippen molar-refractivity contribution in [2.75, 3.05) is 6.54 Å². The number of hydrogen-bond donors (Lipinski definition) is 3. The van der Waals surface area contributed by atoms with Crippen LogP contribution in [0.2, 0.25) is 0 Å². The minimum absolute atomic E-state index is 0.483. The predicted octanol–water partition coefficient (Wildman–Crippen LogP) is -0.0908. The van der Waals surface area contributed by atoms with Crippen LogP contribution in [0, 0.1) is 15.9 Å². The van der Waals surface area contributed by atoms with Crippen molar-refractivity contribution in [2.45, 2.75) is 6.10 Å². The number of hydrogen-bond acceptors (Lipinski definition) is 5. The van der Waals surface area contributed by atoms with Crippen molar-refractivity contribution in [2.24, 2.45) is 0 Å². The van der Waals surface area contributed by atoms with Gasteiger partial charge in [0.05, 0.1) is 23.1 Å². The number of amides is 1. The summed E-state index contributed by atoms with van der Waals surface area (Å²) in [6, 6.07) is 2.41. The first-order chi connectivity index (χ1) is 8.82. The molecule has 0 bridgehead atoms. The maximum Gasteiger partial charge on any atom is 0.334 e. The number of carboxylic acids is 1. The Morgan fingerprint density at radius 3 is 2.58 bits per heavy atom. The summed E-state index contributed by atoms with van der Waals surface area (Å²) in [6.07, 6.45) is -1.81. The van der Waals surface area contributed by atoms with Crippen molar-refractivity contribution < 1.29 is 29.1 Å². The third kappa shape index (κ3) is 3.71. The summed E-state index contributed by atoms with van der Waals surface area (Å²) in [5.41, 5.74) is -0.997. The van der Waals surface area contributed by atoms with Crippen molar-refractivity contribution >= 4 is 17.6 Å². The van der Waals surface area contributed by atoms with Gasteiger partial charge >= 0.3 is 5.97 Å². The molecule has 8 nitrogen and oxygen atoms in total. The molecule has 0 spiro atoms. The Morgan fingerprint density at radius 1 is 1.47 bits per heavy atom. The van der Waals surface area contributed by atoms with Crippen LogP contribution in [0.1, 0.15) is 10.4 Å². The molecule has 0 heterocycles. The van der Waals surface area contributed by atoms with Gasteiger partial charge in [-0.05, 0) is 6.07 Å². The van der Waals surface area contributed by atoms with Gasteiger partial charge in [-0.1, -0.05) is 0 Å². The van der Waals surface area contributed by atoms with Crippen molar-refractivity contribution in [3.8, 4) is 0 Å². The predicted molar refractivity (Wildman–Crippen MR) is 59.0 cm³/mol. The van der Waals surface area contributed by atoms with Crippen LogP contribution in [-0.4, -0.2) is 39.7 Å². The van der Waals surface area contributed by atoms with E-state index in [4.69, 9.17) is 10.2 Å². The van der Waals surface area contributed by atoms with E-state index in [1.54, 1.807) is 0 Å². The summed E-state index contributed by atoms with van der Waals surface area (Å²) in [7, 11) is 0. The third-order valence-corrected chi connectivity index (χ3v) is 2.15. The standard InChI is InChI=1S/C10H9FN2O6/c11-7-3-5(13(18)19)1-2-6(7)9(15)12-4-8(14)10(16)17/h1-3,8,14H,4H2,(H,12,15)(H,16,17)/t8-/m0/s1. The average molecular weight is 272 g/mol. The normalized spacial score (nSPS) is 11.7. The molecule has 1 aromatic rings.